The zero-order chi connectivity index (χ0) is 11.7. The van der Waals surface area contributed by atoms with Crippen molar-refractivity contribution in [3.63, 3.8) is 0 Å². The van der Waals surface area contributed by atoms with E-state index in [1.165, 1.54) is 18.7 Å². The molecule has 90 valence electrons. The van der Waals surface area contributed by atoms with E-state index in [1.54, 1.807) is 13.8 Å². The van der Waals surface area contributed by atoms with Crippen LogP contribution in [-0.4, -0.2) is 29.8 Å². The van der Waals surface area contributed by atoms with Gasteiger partial charge in [-0.05, 0) is 25.2 Å². The monoisotopic (exact) mass is 272 g/mol. The molecule has 0 fully saturated rings. The van der Waals surface area contributed by atoms with Crippen LogP contribution in [0, 0.1) is 0 Å². The first-order chi connectivity index (χ1) is 7.04. The summed E-state index contributed by atoms with van der Waals surface area (Å²) >= 11 is 2.37. The number of hydrogen-bond donors (Lipinski definition) is 0. The Morgan fingerprint density at radius 3 is 2.13 bits per heavy atom. The van der Waals surface area contributed by atoms with E-state index in [0.29, 0.717) is 24.7 Å². The summed E-state index contributed by atoms with van der Waals surface area (Å²) in [7, 11) is 0. The molecule has 0 rings (SSSR count). The molecule has 4 nitrogen and oxygen atoms in total. The van der Waals surface area contributed by atoms with Crippen molar-refractivity contribution in [2.75, 3.05) is 24.7 Å². The topological polar surface area (TPSA) is 52.6 Å². The van der Waals surface area contributed by atoms with Gasteiger partial charge < -0.3 is 9.05 Å². The molecule has 0 spiro atoms. The van der Waals surface area contributed by atoms with E-state index in [1.807, 2.05) is 0 Å². The first-order valence-electron chi connectivity index (χ1n) is 4.71. The van der Waals surface area contributed by atoms with E-state index in [4.69, 9.17) is 9.05 Å². The zero-order valence-corrected chi connectivity index (χ0v) is 11.8. The van der Waals surface area contributed by atoms with Gasteiger partial charge in [-0.3, -0.25) is 4.79 Å². The van der Waals surface area contributed by atoms with Crippen molar-refractivity contribution in [3.05, 3.63) is 0 Å². The summed E-state index contributed by atoms with van der Waals surface area (Å²) in [5.41, 5.74) is 0. The Labute approximate surface area is 99.1 Å². The van der Waals surface area contributed by atoms with Crippen LogP contribution in [-0.2, 0) is 18.4 Å². The molecule has 15 heavy (non-hydrogen) atoms. The molecule has 0 aromatic carbocycles. The molecular formula is C8H17O4PS2. The summed E-state index contributed by atoms with van der Waals surface area (Å²) in [5.74, 6) is 1.21. The first kappa shape index (κ1) is 15.5. The molecule has 0 saturated heterocycles. The van der Waals surface area contributed by atoms with E-state index >= 15 is 0 Å². The van der Waals surface area contributed by atoms with Crippen LogP contribution in [0.1, 0.15) is 20.8 Å². The average molecular weight is 272 g/mol. The van der Waals surface area contributed by atoms with Crippen molar-refractivity contribution >= 4 is 35.1 Å². The van der Waals surface area contributed by atoms with Crippen LogP contribution in [0.15, 0.2) is 0 Å². The van der Waals surface area contributed by atoms with E-state index in [2.05, 4.69) is 0 Å². The zero-order valence-electron chi connectivity index (χ0n) is 9.23. The second-order valence-corrected chi connectivity index (χ2v) is 7.92. The molecule has 7 heteroatoms. The maximum absolute atomic E-state index is 11.9. The SMILES string of the molecule is CCOP(=O)(OCC)SCCSC(C)=O. The predicted octanol–water partition coefficient (Wildman–Crippen LogP) is 3.18. The van der Waals surface area contributed by atoms with Crippen molar-refractivity contribution < 1.29 is 18.4 Å². The van der Waals surface area contributed by atoms with Crippen molar-refractivity contribution in [1.82, 2.24) is 0 Å². The molecule has 0 aliphatic carbocycles. The lowest BCUT2D eigenvalue weighted by Gasteiger charge is -2.15. The normalized spacial score (nSPS) is 11.7. The van der Waals surface area contributed by atoms with Gasteiger partial charge in [0.25, 0.3) is 0 Å². The summed E-state index contributed by atoms with van der Waals surface area (Å²) in [6.07, 6.45) is 0. The Kier molecular flexibility index (Phi) is 8.95. The Morgan fingerprint density at radius 1 is 1.20 bits per heavy atom. The van der Waals surface area contributed by atoms with Gasteiger partial charge >= 0.3 is 6.80 Å². The second kappa shape index (κ2) is 8.65. The molecule has 0 atom stereocenters. The largest absolute Gasteiger partial charge is 0.389 e. The molecule has 0 amide bonds. The summed E-state index contributed by atoms with van der Waals surface area (Å²) in [6.45, 7) is 2.81. The predicted molar refractivity (Wildman–Crippen MR) is 66.5 cm³/mol. The second-order valence-electron chi connectivity index (χ2n) is 2.46. The lowest BCUT2D eigenvalue weighted by atomic mass is 10.9. The van der Waals surface area contributed by atoms with Crippen LogP contribution in [0.5, 0.6) is 0 Å². The Bertz CT molecular complexity index is 225. The molecule has 0 saturated carbocycles. The van der Waals surface area contributed by atoms with Crippen LogP contribution in [0.25, 0.3) is 0 Å². The molecule has 0 unspecified atom stereocenters. The smallest absolute Gasteiger partial charge is 0.301 e. The Morgan fingerprint density at radius 2 is 1.73 bits per heavy atom. The van der Waals surface area contributed by atoms with Gasteiger partial charge in [0.1, 0.15) is 0 Å². The van der Waals surface area contributed by atoms with Crippen LogP contribution in [0.2, 0.25) is 0 Å². The van der Waals surface area contributed by atoms with Crippen molar-refractivity contribution in [1.29, 1.82) is 0 Å². The lowest BCUT2D eigenvalue weighted by Crippen LogP contribution is -1.95. The molecule has 0 bridgehead atoms. The van der Waals surface area contributed by atoms with Gasteiger partial charge in [-0.2, -0.15) is 0 Å². The van der Waals surface area contributed by atoms with Crippen molar-refractivity contribution in [3.8, 4) is 0 Å². The minimum absolute atomic E-state index is 0.0678. The van der Waals surface area contributed by atoms with Crippen LogP contribution in [0.3, 0.4) is 0 Å². The van der Waals surface area contributed by atoms with Gasteiger partial charge in [-0.1, -0.05) is 11.8 Å². The molecule has 0 aromatic rings. The van der Waals surface area contributed by atoms with E-state index in [9.17, 15) is 9.36 Å². The van der Waals surface area contributed by atoms with E-state index < -0.39 is 6.80 Å². The van der Waals surface area contributed by atoms with Gasteiger partial charge in [0.05, 0.1) is 13.2 Å². The summed E-state index contributed by atoms with van der Waals surface area (Å²) in [6, 6.07) is 0. The lowest BCUT2D eigenvalue weighted by molar-refractivity contribution is -0.109. The maximum atomic E-state index is 11.9. The molecule has 0 N–H and O–H groups in total. The minimum atomic E-state index is -2.99. The Hall–Kier alpha value is 0.520. The molecule has 0 aromatic heterocycles. The fraction of sp³-hybridized carbons (Fsp3) is 0.875. The summed E-state index contributed by atoms with van der Waals surface area (Å²) < 4.78 is 22.0. The highest BCUT2D eigenvalue weighted by Gasteiger charge is 2.23. The summed E-state index contributed by atoms with van der Waals surface area (Å²) in [5, 5.41) is 0.0678. The van der Waals surface area contributed by atoms with Gasteiger partial charge in [0.2, 0.25) is 0 Å². The molecule has 0 aliphatic heterocycles. The van der Waals surface area contributed by atoms with Crippen LogP contribution >= 0.6 is 29.9 Å². The maximum Gasteiger partial charge on any atom is 0.389 e. The van der Waals surface area contributed by atoms with Gasteiger partial charge in [0.15, 0.2) is 5.12 Å². The summed E-state index contributed by atoms with van der Waals surface area (Å²) in [4.78, 5) is 10.6. The van der Waals surface area contributed by atoms with E-state index in [0.717, 1.165) is 11.4 Å². The number of hydrogen-bond acceptors (Lipinski definition) is 6. The molecular weight excluding hydrogens is 255 g/mol. The molecule has 0 aliphatic rings. The molecule has 0 radical (unpaired) electrons. The number of carbonyl (C=O) groups excluding carboxylic acids is 1. The third-order valence-electron chi connectivity index (χ3n) is 1.21. The number of thioether (sulfide) groups is 1. The van der Waals surface area contributed by atoms with Gasteiger partial charge in [-0.15, -0.1) is 0 Å². The number of rotatable bonds is 8. The third kappa shape index (κ3) is 8.34. The fourth-order valence-electron chi connectivity index (χ4n) is 0.762. The van der Waals surface area contributed by atoms with Gasteiger partial charge in [-0.25, -0.2) is 4.57 Å². The van der Waals surface area contributed by atoms with Gasteiger partial charge in [0, 0.05) is 18.4 Å². The van der Waals surface area contributed by atoms with Crippen LogP contribution < -0.4 is 0 Å². The number of carbonyl (C=O) groups is 1. The highest BCUT2D eigenvalue weighted by molar-refractivity contribution is 8.55. The van der Waals surface area contributed by atoms with Crippen molar-refractivity contribution in [2.24, 2.45) is 0 Å². The average Bonchev–Trinajstić information content (AvgIpc) is 2.13. The van der Waals surface area contributed by atoms with Crippen molar-refractivity contribution in [2.45, 2.75) is 20.8 Å². The minimum Gasteiger partial charge on any atom is -0.301 e. The van der Waals surface area contributed by atoms with E-state index in [-0.39, 0.29) is 5.12 Å². The fourth-order valence-corrected chi connectivity index (χ4v) is 5.18. The van der Waals surface area contributed by atoms with Crippen LogP contribution in [0.4, 0.5) is 0 Å². The highest BCUT2D eigenvalue weighted by Crippen LogP contribution is 2.60. The quantitative estimate of drug-likeness (QED) is 0.499. The third-order valence-corrected chi connectivity index (χ3v) is 6.27. The first-order valence-corrected chi connectivity index (χ1v) is 8.83. The Balaban J connectivity index is 3.85. The standard InChI is InChI=1S/C8H17O4PS2/c1-4-11-13(10,12-5-2)15-7-6-14-8(3)9/h4-7H2,1-3H3. The highest BCUT2D eigenvalue weighted by atomic mass is 32.7. The molecule has 0 heterocycles.